The summed E-state index contributed by atoms with van der Waals surface area (Å²) < 4.78 is 15.2. The van der Waals surface area contributed by atoms with Gasteiger partial charge in [0.1, 0.15) is 11.5 Å². The Bertz CT molecular complexity index is 985. The lowest BCUT2D eigenvalue weighted by Gasteiger charge is -2.05. The number of ether oxygens (including phenoxy) is 3. The van der Waals surface area contributed by atoms with E-state index in [1.54, 1.807) is 44.6 Å². The van der Waals surface area contributed by atoms with Gasteiger partial charge in [0.05, 0.1) is 27.2 Å². The second-order valence-corrected chi connectivity index (χ2v) is 6.00. The van der Waals surface area contributed by atoms with Crippen LogP contribution in [-0.2, 0) is 16.1 Å². The Morgan fingerprint density at radius 2 is 1.76 bits per heavy atom. The van der Waals surface area contributed by atoms with E-state index >= 15 is 0 Å². The summed E-state index contributed by atoms with van der Waals surface area (Å²) in [6, 6.07) is 13.9. The average Bonchev–Trinajstić information content (AvgIpc) is 3.25. The van der Waals surface area contributed by atoms with Crippen LogP contribution in [0, 0.1) is 0 Å². The van der Waals surface area contributed by atoms with Crippen molar-refractivity contribution in [1.82, 2.24) is 20.2 Å². The predicted molar refractivity (Wildman–Crippen MR) is 103 cm³/mol. The fourth-order valence-corrected chi connectivity index (χ4v) is 2.49. The predicted octanol–water partition coefficient (Wildman–Crippen LogP) is 2.17. The van der Waals surface area contributed by atoms with Crippen molar-refractivity contribution in [3.8, 4) is 22.9 Å². The molecule has 0 fully saturated rings. The minimum Gasteiger partial charge on any atom is -0.497 e. The molecule has 1 heterocycles. The number of aryl methyl sites for hydroxylation is 1. The molecule has 0 saturated heterocycles. The minimum atomic E-state index is -0.521. The summed E-state index contributed by atoms with van der Waals surface area (Å²) in [6.07, 6.45) is 0.0177. The quantitative estimate of drug-likeness (QED) is 0.400. The van der Waals surface area contributed by atoms with Gasteiger partial charge < -0.3 is 14.2 Å². The first-order valence-electron chi connectivity index (χ1n) is 8.84. The Kier molecular flexibility index (Phi) is 6.51. The molecule has 0 radical (unpaired) electrons. The van der Waals surface area contributed by atoms with E-state index in [-0.39, 0.29) is 25.4 Å². The van der Waals surface area contributed by atoms with Gasteiger partial charge in [-0.25, -0.2) is 0 Å². The number of ketones is 1. The SMILES string of the molecule is COc1ccc(C(=O)COC(=O)CCn2nnc(-c3cccc(OC)c3)n2)cc1. The summed E-state index contributed by atoms with van der Waals surface area (Å²) in [5, 5.41) is 12.1. The molecule has 0 spiro atoms. The van der Waals surface area contributed by atoms with Crippen molar-refractivity contribution in [2.45, 2.75) is 13.0 Å². The molecule has 0 aliphatic rings. The molecule has 150 valence electrons. The maximum atomic E-state index is 12.1. The molecule has 9 heteroatoms. The zero-order valence-corrected chi connectivity index (χ0v) is 16.1. The Balaban J connectivity index is 1.48. The highest BCUT2D eigenvalue weighted by atomic mass is 16.5. The van der Waals surface area contributed by atoms with Crippen molar-refractivity contribution >= 4 is 11.8 Å². The number of esters is 1. The van der Waals surface area contributed by atoms with Crippen LogP contribution >= 0.6 is 0 Å². The number of carbonyl (C=O) groups is 2. The maximum absolute atomic E-state index is 12.1. The first-order chi connectivity index (χ1) is 14.1. The van der Waals surface area contributed by atoms with E-state index in [1.807, 2.05) is 18.2 Å². The van der Waals surface area contributed by atoms with E-state index in [1.165, 1.54) is 4.80 Å². The van der Waals surface area contributed by atoms with E-state index in [0.717, 1.165) is 5.56 Å². The molecule has 0 atom stereocenters. The average molecular weight is 396 g/mol. The molecule has 0 unspecified atom stereocenters. The summed E-state index contributed by atoms with van der Waals surface area (Å²) in [7, 11) is 3.12. The summed E-state index contributed by atoms with van der Waals surface area (Å²) in [6.45, 7) is -0.141. The number of benzene rings is 2. The van der Waals surface area contributed by atoms with E-state index < -0.39 is 5.97 Å². The number of Topliss-reactive ketones (excluding diaryl/α,β-unsaturated/α-hetero) is 1. The maximum Gasteiger partial charge on any atom is 0.308 e. The topological polar surface area (TPSA) is 105 Å². The Hall–Kier alpha value is -3.75. The Morgan fingerprint density at radius 1 is 1.00 bits per heavy atom. The van der Waals surface area contributed by atoms with Crippen molar-refractivity contribution in [3.05, 3.63) is 54.1 Å². The number of hydrogen-bond donors (Lipinski definition) is 0. The molecule has 3 rings (SSSR count). The standard InChI is InChI=1S/C20H20N4O5/c1-27-16-8-6-14(7-9-16)18(25)13-29-19(26)10-11-24-22-20(21-23-24)15-4-3-5-17(12-15)28-2/h3-9,12H,10-11,13H2,1-2H3. The zero-order chi connectivity index (χ0) is 20.6. The van der Waals surface area contributed by atoms with Crippen LogP contribution in [-0.4, -0.2) is 52.8 Å². The summed E-state index contributed by atoms with van der Waals surface area (Å²) in [5.41, 5.74) is 1.20. The van der Waals surface area contributed by atoms with Gasteiger partial charge in [-0.05, 0) is 41.6 Å². The van der Waals surface area contributed by atoms with Crippen molar-refractivity contribution in [1.29, 1.82) is 0 Å². The molecular weight excluding hydrogens is 376 g/mol. The Labute approximate surface area is 167 Å². The van der Waals surface area contributed by atoms with Gasteiger partial charge in [0.15, 0.2) is 12.4 Å². The van der Waals surface area contributed by atoms with Gasteiger partial charge in [0.2, 0.25) is 5.82 Å². The van der Waals surface area contributed by atoms with Gasteiger partial charge in [-0.1, -0.05) is 12.1 Å². The van der Waals surface area contributed by atoms with Crippen LogP contribution in [0.2, 0.25) is 0 Å². The lowest BCUT2D eigenvalue weighted by Crippen LogP contribution is -2.16. The number of hydrogen-bond acceptors (Lipinski definition) is 8. The smallest absolute Gasteiger partial charge is 0.308 e. The van der Waals surface area contributed by atoms with Gasteiger partial charge in [0.25, 0.3) is 0 Å². The highest BCUT2D eigenvalue weighted by Gasteiger charge is 2.12. The first kappa shape index (κ1) is 20.0. The molecular formula is C20H20N4O5. The third-order valence-corrected chi connectivity index (χ3v) is 4.07. The number of carbonyl (C=O) groups excluding carboxylic acids is 2. The molecule has 0 bridgehead atoms. The molecule has 29 heavy (non-hydrogen) atoms. The van der Waals surface area contributed by atoms with E-state index in [2.05, 4.69) is 15.4 Å². The number of nitrogens with zero attached hydrogens (tertiary/aromatic N) is 4. The van der Waals surface area contributed by atoms with Crippen LogP contribution in [0.4, 0.5) is 0 Å². The number of rotatable bonds is 9. The number of tetrazole rings is 1. The second-order valence-electron chi connectivity index (χ2n) is 6.00. The minimum absolute atomic E-state index is 0.0177. The normalized spacial score (nSPS) is 10.4. The fraction of sp³-hybridized carbons (Fsp3) is 0.250. The molecule has 3 aromatic rings. The van der Waals surface area contributed by atoms with Crippen LogP contribution in [0.5, 0.6) is 11.5 Å². The largest absolute Gasteiger partial charge is 0.497 e. The van der Waals surface area contributed by atoms with Gasteiger partial charge in [-0.3, -0.25) is 9.59 Å². The molecule has 0 aliphatic carbocycles. The zero-order valence-electron chi connectivity index (χ0n) is 16.1. The van der Waals surface area contributed by atoms with E-state index in [0.29, 0.717) is 22.9 Å². The molecule has 1 aromatic heterocycles. The van der Waals surface area contributed by atoms with Crippen LogP contribution in [0.1, 0.15) is 16.8 Å². The van der Waals surface area contributed by atoms with E-state index in [4.69, 9.17) is 14.2 Å². The van der Waals surface area contributed by atoms with Gasteiger partial charge in [-0.15, -0.1) is 10.2 Å². The molecule has 2 aromatic carbocycles. The molecule has 9 nitrogen and oxygen atoms in total. The first-order valence-corrected chi connectivity index (χ1v) is 8.84. The van der Waals surface area contributed by atoms with Crippen LogP contribution in [0.25, 0.3) is 11.4 Å². The van der Waals surface area contributed by atoms with Crippen LogP contribution in [0.15, 0.2) is 48.5 Å². The molecule has 0 aliphatic heterocycles. The number of aromatic nitrogens is 4. The van der Waals surface area contributed by atoms with Crippen molar-refractivity contribution in [2.75, 3.05) is 20.8 Å². The molecule has 0 N–H and O–H groups in total. The lowest BCUT2D eigenvalue weighted by atomic mass is 10.1. The highest BCUT2D eigenvalue weighted by molar-refractivity contribution is 5.98. The van der Waals surface area contributed by atoms with Crippen molar-refractivity contribution in [3.63, 3.8) is 0 Å². The fourth-order valence-electron chi connectivity index (χ4n) is 2.49. The Morgan fingerprint density at radius 3 is 2.48 bits per heavy atom. The van der Waals surface area contributed by atoms with Crippen molar-refractivity contribution < 1.29 is 23.8 Å². The van der Waals surface area contributed by atoms with E-state index in [9.17, 15) is 9.59 Å². The number of methoxy groups -OCH3 is 2. The molecule has 0 amide bonds. The summed E-state index contributed by atoms with van der Waals surface area (Å²) in [4.78, 5) is 25.3. The van der Waals surface area contributed by atoms with Crippen LogP contribution < -0.4 is 9.47 Å². The van der Waals surface area contributed by atoms with Crippen LogP contribution in [0.3, 0.4) is 0 Å². The second kappa shape index (κ2) is 9.45. The van der Waals surface area contributed by atoms with Gasteiger partial charge in [0, 0.05) is 11.1 Å². The third-order valence-electron chi connectivity index (χ3n) is 4.07. The lowest BCUT2D eigenvalue weighted by molar-refractivity contribution is -0.142. The molecule has 0 saturated carbocycles. The van der Waals surface area contributed by atoms with Gasteiger partial charge >= 0.3 is 5.97 Å². The van der Waals surface area contributed by atoms with Gasteiger partial charge in [-0.2, -0.15) is 4.80 Å². The summed E-state index contributed by atoms with van der Waals surface area (Å²) >= 11 is 0. The third kappa shape index (κ3) is 5.38. The highest BCUT2D eigenvalue weighted by Crippen LogP contribution is 2.19. The monoisotopic (exact) mass is 396 g/mol. The van der Waals surface area contributed by atoms with Crippen molar-refractivity contribution in [2.24, 2.45) is 0 Å². The summed E-state index contributed by atoms with van der Waals surface area (Å²) in [5.74, 6) is 0.940.